The molecule has 7 heterocycles. The molecule has 4 aromatic rings. The number of carbonyl (C=O) groups is 1. The first kappa shape index (κ1) is 28.5. The Kier molecular flexibility index (Phi) is 7.19. The number of carboxylic acid groups (broad SMARTS) is 1. The van der Waals surface area contributed by atoms with Gasteiger partial charge in [0.1, 0.15) is 22.7 Å². The fraction of sp³-hybridized carbons (Fsp3) is 0.400. The third-order valence-electron chi connectivity index (χ3n) is 7.88. The summed E-state index contributed by atoms with van der Waals surface area (Å²) in [7, 11) is 0. The highest BCUT2D eigenvalue weighted by Gasteiger charge is 2.49. The van der Waals surface area contributed by atoms with Gasteiger partial charge in [-0.1, -0.05) is 23.4 Å². The molecular weight excluding hydrogens is 599 g/mol. The number of halogens is 4. The van der Waals surface area contributed by atoms with Gasteiger partial charge in [0.15, 0.2) is 5.82 Å². The van der Waals surface area contributed by atoms with Gasteiger partial charge in [0.2, 0.25) is 0 Å². The summed E-state index contributed by atoms with van der Waals surface area (Å²) in [6.45, 7) is 3.87. The Balaban J connectivity index is 0.000000405. The van der Waals surface area contributed by atoms with Gasteiger partial charge >= 0.3 is 12.1 Å². The molecule has 7 rings (SSSR count). The van der Waals surface area contributed by atoms with Crippen LogP contribution in [0.15, 0.2) is 40.9 Å². The number of rotatable bonds is 3. The Hall–Kier alpha value is -3.60. The summed E-state index contributed by atoms with van der Waals surface area (Å²) in [5, 5.41) is 13.3. The van der Waals surface area contributed by atoms with Gasteiger partial charge in [-0.05, 0) is 18.9 Å². The molecule has 3 aliphatic heterocycles. The first-order chi connectivity index (χ1) is 20.0. The lowest BCUT2D eigenvalue weighted by Crippen LogP contribution is -2.45. The topological polar surface area (TPSA) is 163 Å². The van der Waals surface area contributed by atoms with Gasteiger partial charge in [-0.2, -0.15) is 18.3 Å². The molecule has 0 bridgehead atoms. The molecule has 0 radical (unpaired) electrons. The van der Waals surface area contributed by atoms with Crippen molar-refractivity contribution < 1.29 is 27.8 Å². The molecule has 0 saturated carbocycles. The number of nitrogens with zero attached hydrogens (tertiary/aromatic N) is 7. The summed E-state index contributed by atoms with van der Waals surface area (Å²) in [6, 6.07) is 1.84. The molecule has 0 aromatic carbocycles. The zero-order chi connectivity index (χ0) is 29.8. The van der Waals surface area contributed by atoms with Crippen LogP contribution in [0.1, 0.15) is 35.8 Å². The van der Waals surface area contributed by atoms with Gasteiger partial charge in [-0.25, -0.2) is 19.7 Å². The average molecular weight is 624 g/mol. The molecular formula is C25H25ClF3N9O3S. The van der Waals surface area contributed by atoms with Gasteiger partial charge < -0.3 is 26.2 Å². The molecule has 222 valence electrons. The second-order valence-electron chi connectivity index (χ2n) is 10.3. The minimum Gasteiger partial charge on any atom is -0.475 e. The number of nitrogen functional groups attached to an aromatic ring is 1. The minimum atomic E-state index is -5.08. The standard InChI is InChI=1S/C23H24ClN9OS.C2HF3O2/c24-18-16(1-4-28-21(18)26)35-17-8-29-22(15-7-27-12-32(15)17)31-5-2-23(3-6-31)11-33-19(20(23)25)13-9-34-10-14(13)30-33;3-2(4,5)1(6)7/h1,4,7-8,12,20H,2-3,5-6,9-11,25H2,(H2,26,28);(H,6,7)/t20-;/m1./s1. The van der Waals surface area contributed by atoms with Crippen molar-refractivity contribution in [2.45, 2.75) is 54.7 Å². The van der Waals surface area contributed by atoms with E-state index >= 15 is 0 Å². The summed E-state index contributed by atoms with van der Waals surface area (Å²) in [4.78, 5) is 25.4. The molecule has 42 heavy (non-hydrogen) atoms. The van der Waals surface area contributed by atoms with E-state index in [0.717, 1.165) is 59.4 Å². The number of nitrogens with two attached hydrogens (primary N) is 2. The zero-order valence-corrected chi connectivity index (χ0v) is 23.5. The summed E-state index contributed by atoms with van der Waals surface area (Å²) in [5.74, 6) is -1.51. The van der Waals surface area contributed by atoms with E-state index in [1.807, 2.05) is 22.9 Å². The van der Waals surface area contributed by atoms with Crippen molar-refractivity contribution in [2.24, 2.45) is 11.1 Å². The highest BCUT2D eigenvalue weighted by Crippen LogP contribution is 2.50. The lowest BCUT2D eigenvalue weighted by molar-refractivity contribution is -0.192. The smallest absolute Gasteiger partial charge is 0.475 e. The van der Waals surface area contributed by atoms with E-state index in [2.05, 4.69) is 19.5 Å². The van der Waals surface area contributed by atoms with Crippen molar-refractivity contribution in [2.75, 3.05) is 23.7 Å². The predicted octanol–water partition coefficient (Wildman–Crippen LogP) is 3.67. The normalized spacial score (nSPS) is 19.1. The van der Waals surface area contributed by atoms with E-state index in [1.54, 1.807) is 12.5 Å². The van der Waals surface area contributed by atoms with E-state index in [1.165, 1.54) is 23.0 Å². The number of aliphatic carboxylic acids is 1. The maximum absolute atomic E-state index is 10.6. The van der Waals surface area contributed by atoms with Crippen molar-refractivity contribution in [3.8, 4) is 0 Å². The van der Waals surface area contributed by atoms with Crippen LogP contribution >= 0.6 is 23.4 Å². The number of alkyl halides is 3. The predicted molar refractivity (Wildman–Crippen MR) is 146 cm³/mol. The molecule has 17 heteroatoms. The average Bonchev–Trinajstić information content (AvgIpc) is 3.71. The van der Waals surface area contributed by atoms with Crippen LogP contribution in [-0.2, 0) is 29.3 Å². The van der Waals surface area contributed by atoms with Crippen molar-refractivity contribution in [3.63, 3.8) is 0 Å². The molecule has 12 nitrogen and oxygen atoms in total. The van der Waals surface area contributed by atoms with Crippen LogP contribution in [-0.4, -0.2) is 59.5 Å². The van der Waals surface area contributed by atoms with Crippen molar-refractivity contribution in [3.05, 3.63) is 53.0 Å². The highest BCUT2D eigenvalue weighted by atomic mass is 35.5. The van der Waals surface area contributed by atoms with Crippen LogP contribution < -0.4 is 16.4 Å². The van der Waals surface area contributed by atoms with Crippen LogP contribution in [0.2, 0.25) is 5.02 Å². The maximum atomic E-state index is 10.6. The summed E-state index contributed by atoms with van der Waals surface area (Å²) < 4.78 is 41.5. The molecule has 0 aliphatic carbocycles. The van der Waals surface area contributed by atoms with E-state index in [4.69, 9.17) is 47.8 Å². The van der Waals surface area contributed by atoms with Crippen LogP contribution in [0.3, 0.4) is 0 Å². The maximum Gasteiger partial charge on any atom is 0.490 e. The van der Waals surface area contributed by atoms with Crippen LogP contribution in [0.4, 0.5) is 24.8 Å². The fourth-order valence-electron chi connectivity index (χ4n) is 5.71. The molecule has 0 amide bonds. The van der Waals surface area contributed by atoms with Gasteiger partial charge in [0, 0.05) is 41.7 Å². The van der Waals surface area contributed by atoms with E-state index in [0.29, 0.717) is 24.1 Å². The molecule has 0 unspecified atom stereocenters. The van der Waals surface area contributed by atoms with Gasteiger partial charge in [0.05, 0.1) is 48.1 Å². The molecule has 1 saturated heterocycles. The van der Waals surface area contributed by atoms with Crippen molar-refractivity contribution in [1.29, 1.82) is 0 Å². The summed E-state index contributed by atoms with van der Waals surface area (Å²) in [6.07, 6.45) is 4.07. The zero-order valence-electron chi connectivity index (χ0n) is 21.9. The Morgan fingerprint density at radius 2 is 1.95 bits per heavy atom. The number of carboxylic acids is 1. The second kappa shape index (κ2) is 10.6. The van der Waals surface area contributed by atoms with Gasteiger partial charge in [-0.15, -0.1) is 0 Å². The number of anilines is 2. The van der Waals surface area contributed by atoms with E-state index < -0.39 is 12.1 Å². The van der Waals surface area contributed by atoms with Crippen LogP contribution in [0, 0.1) is 5.41 Å². The number of hydrogen-bond acceptors (Lipinski definition) is 10. The van der Waals surface area contributed by atoms with Crippen LogP contribution in [0.25, 0.3) is 5.52 Å². The largest absolute Gasteiger partial charge is 0.490 e. The van der Waals surface area contributed by atoms with Crippen molar-refractivity contribution in [1.82, 2.24) is 29.1 Å². The number of pyridine rings is 1. The van der Waals surface area contributed by atoms with Gasteiger partial charge in [-0.3, -0.25) is 9.08 Å². The number of imidazole rings is 1. The van der Waals surface area contributed by atoms with E-state index in [9.17, 15) is 13.2 Å². The molecule has 1 spiro atoms. The molecule has 4 aromatic heterocycles. The Morgan fingerprint density at radius 3 is 2.67 bits per heavy atom. The number of ether oxygens (including phenoxy) is 1. The third kappa shape index (κ3) is 4.91. The number of fused-ring (bicyclic) bond motifs is 4. The van der Waals surface area contributed by atoms with Crippen LogP contribution in [0.5, 0.6) is 0 Å². The first-order valence-corrected chi connectivity index (χ1v) is 14.0. The number of hydrogen-bond donors (Lipinski definition) is 3. The monoisotopic (exact) mass is 623 g/mol. The Labute approximate surface area is 245 Å². The Bertz CT molecular complexity index is 1670. The van der Waals surface area contributed by atoms with Gasteiger partial charge in [0.25, 0.3) is 0 Å². The lowest BCUT2D eigenvalue weighted by Gasteiger charge is -2.42. The molecule has 1 atom stereocenters. The summed E-state index contributed by atoms with van der Waals surface area (Å²) >= 11 is 7.85. The molecule has 3 aliphatic rings. The Morgan fingerprint density at radius 1 is 1.21 bits per heavy atom. The highest BCUT2D eigenvalue weighted by molar-refractivity contribution is 7.99. The quantitative estimate of drug-likeness (QED) is 0.305. The fourth-order valence-corrected chi connectivity index (χ4v) is 6.83. The lowest BCUT2D eigenvalue weighted by atomic mass is 9.73. The second-order valence-corrected chi connectivity index (χ2v) is 11.7. The van der Waals surface area contributed by atoms with Crippen molar-refractivity contribution >= 4 is 46.5 Å². The summed E-state index contributed by atoms with van der Waals surface area (Å²) in [5.41, 5.74) is 17.2. The molecule has 5 N–H and O–H groups in total. The minimum absolute atomic E-state index is 0.0122. The van der Waals surface area contributed by atoms with E-state index in [-0.39, 0.29) is 11.5 Å². The SMILES string of the molecule is Nc1nccc(Sc2cnc(N3CCC4(CC3)Cn3nc5c(c3[C@H]4N)COC5)c3cncn23)c1Cl.O=C(O)C(F)(F)F. The first-order valence-electron chi connectivity index (χ1n) is 12.8. The number of piperidine rings is 1. The molecule has 1 fully saturated rings. The number of aromatic nitrogens is 6. The third-order valence-corrected chi connectivity index (χ3v) is 9.46.